The maximum atomic E-state index is 12.6. The zero-order valence-corrected chi connectivity index (χ0v) is 16.4. The number of nitrogens with one attached hydrogen (secondary N) is 2. The van der Waals surface area contributed by atoms with Crippen LogP contribution in [0.2, 0.25) is 0 Å². The van der Waals surface area contributed by atoms with Crippen LogP contribution in [-0.2, 0) is 17.8 Å². The first-order valence-corrected chi connectivity index (χ1v) is 10.1. The molecule has 5 nitrogen and oxygen atoms in total. The predicted molar refractivity (Wildman–Crippen MR) is 111 cm³/mol. The molecule has 1 aliphatic carbocycles. The summed E-state index contributed by atoms with van der Waals surface area (Å²) in [6, 6.07) is 17.3. The largest absolute Gasteiger partial charge is 0.351 e. The number of hydrogen-bond donors (Lipinski definition) is 2. The fourth-order valence-electron chi connectivity index (χ4n) is 3.32. The Morgan fingerprint density at radius 1 is 1.11 bits per heavy atom. The van der Waals surface area contributed by atoms with E-state index >= 15 is 0 Å². The van der Waals surface area contributed by atoms with E-state index in [-0.39, 0.29) is 17.7 Å². The maximum Gasteiger partial charge on any atom is 0.257 e. The Morgan fingerprint density at radius 3 is 2.61 bits per heavy atom. The Labute approximate surface area is 167 Å². The van der Waals surface area contributed by atoms with Crippen LogP contribution < -0.4 is 10.6 Å². The SMILES string of the molecule is Cc1ccc(C(=O)Nc2nc3c(s2)CCC3C(=O)NCc2ccccc2)cc1. The Hall–Kier alpha value is -2.99. The summed E-state index contributed by atoms with van der Waals surface area (Å²) in [5.74, 6) is -0.443. The average molecular weight is 391 g/mol. The van der Waals surface area contributed by atoms with Crippen LogP contribution in [0.5, 0.6) is 0 Å². The van der Waals surface area contributed by atoms with Gasteiger partial charge in [-0.2, -0.15) is 0 Å². The highest BCUT2D eigenvalue weighted by Crippen LogP contribution is 2.38. The Balaban J connectivity index is 1.41. The summed E-state index contributed by atoms with van der Waals surface area (Å²) in [5, 5.41) is 6.41. The zero-order chi connectivity index (χ0) is 19.5. The van der Waals surface area contributed by atoms with Crippen LogP contribution in [0.4, 0.5) is 5.13 Å². The summed E-state index contributed by atoms with van der Waals surface area (Å²) in [7, 11) is 0. The minimum atomic E-state index is -0.250. The van der Waals surface area contributed by atoms with E-state index in [9.17, 15) is 9.59 Å². The van der Waals surface area contributed by atoms with E-state index in [0.717, 1.165) is 34.5 Å². The van der Waals surface area contributed by atoms with Gasteiger partial charge in [0, 0.05) is 17.0 Å². The van der Waals surface area contributed by atoms with E-state index in [0.29, 0.717) is 17.2 Å². The van der Waals surface area contributed by atoms with E-state index in [1.54, 1.807) is 12.1 Å². The summed E-state index contributed by atoms with van der Waals surface area (Å²) in [6.07, 6.45) is 1.58. The Kier molecular flexibility index (Phi) is 5.21. The second-order valence-corrected chi connectivity index (χ2v) is 8.03. The third kappa shape index (κ3) is 3.97. The van der Waals surface area contributed by atoms with Gasteiger partial charge in [0.2, 0.25) is 5.91 Å². The van der Waals surface area contributed by atoms with E-state index in [1.807, 2.05) is 49.4 Å². The van der Waals surface area contributed by atoms with Crippen LogP contribution in [-0.4, -0.2) is 16.8 Å². The molecule has 0 aliphatic heterocycles. The Bertz CT molecular complexity index is 996. The summed E-state index contributed by atoms with van der Waals surface area (Å²) in [6.45, 7) is 2.49. The van der Waals surface area contributed by atoms with Crippen molar-refractivity contribution >= 4 is 28.3 Å². The van der Waals surface area contributed by atoms with Gasteiger partial charge >= 0.3 is 0 Å². The highest BCUT2D eigenvalue weighted by atomic mass is 32.1. The normalized spacial score (nSPS) is 15.1. The molecule has 3 aromatic rings. The van der Waals surface area contributed by atoms with Gasteiger partial charge in [-0.25, -0.2) is 4.98 Å². The maximum absolute atomic E-state index is 12.6. The van der Waals surface area contributed by atoms with Gasteiger partial charge in [0.15, 0.2) is 5.13 Å². The number of benzene rings is 2. The standard InChI is InChI=1S/C22H21N3O2S/c1-14-7-9-16(10-8-14)20(26)25-22-24-19-17(11-12-18(19)28-22)21(27)23-13-15-5-3-2-4-6-15/h2-10,17H,11-13H2,1H3,(H,23,27)(H,24,25,26). The molecular formula is C22H21N3O2S. The van der Waals surface area contributed by atoms with Crippen molar-refractivity contribution in [3.05, 3.63) is 81.9 Å². The molecule has 1 atom stereocenters. The molecule has 1 aliphatic rings. The van der Waals surface area contributed by atoms with Crippen molar-refractivity contribution in [1.29, 1.82) is 0 Å². The van der Waals surface area contributed by atoms with Gasteiger partial charge in [-0.15, -0.1) is 11.3 Å². The van der Waals surface area contributed by atoms with Crippen LogP contribution >= 0.6 is 11.3 Å². The number of thiazole rings is 1. The number of rotatable bonds is 5. The molecule has 2 aromatic carbocycles. The van der Waals surface area contributed by atoms with E-state index in [4.69, 9.17) is 0 Å². The third-order valence-corrected chi connectivity index (χ3v) is 5.92. The van der Waals surface area contributed by atoms with E-state index in [2.05, 4.69) is 15.6 Å². The molecule has 0 bridgehead atoms. The molecule has 0 radical (unpaired) electrons. The van der Waals surface area contributed by atoms with Crippen molar-refractivity contribution in [1.82, 2.24) is 10.3 Å². The first kappa shape index (κ1) is 18.4. The van der Waals surface area contributed by atoms with Crippen LogP contribution in [0.3, 0.4) is 0 Å². The lowest BCUT2D eigenvalue weighted by atomic mass is 10.1. The lowest BCUT2D eigenvalue weighted by Crippen LogP contribution is -2.28. The number of hydrogen-bond acceptors (Lipinski definition) is 4. The predicted octanol–water partition coefficient (Wildman–Crippen LogP) is 4.05. The molecule has 1 heterocycles. The molecular weight excluding hydrogens is 370 g/mol. The number of amides is 2. The second-order valence-electron chi connectivity index (χ2n) is 6.94. The quantitative estimate of drug-likeness (QED) is 0.689. The van der Waals surface area contributed by atoms with E-state index in [1.165, 1.54) is 11.3 Å². The summed E-state index contributed by atoms with van der Waals surface area (Å²) < 4.78 is 0. The molecule has 4 rings (SSSR count). The highest BCUT2D eigenvalue weighted by molar-refractivity contribution is 7.16. The fourth-order valence-corrected chi connectivity index (χ4v) is 4.35. The van der Waals surface area contributed by atoms with Gasteiger partial charge in [0.1, 0.15) is 0 Å². The number of carbonyl (C=O) groups excluding carboxylic acids is 2. The van der Waals surface area contributed by atoms with Crippen molar-refractivity contribution in [3.8, 4) is 0 Å². The second kappa shape index (κ2) is 7.94. The van der Waals surface area contributed by atoms with Crippen molar-refractivity contribution < 1.29 is 9.59 Å². The monoisotopic (exact) mass is 391 g/mol. The summed E-state index contributed by atoms with van der Waals surface area (Å²) >= 11 is 1.46. The van der Waals surface area contributed by atoms with Gasteiger partial charge in [0.25, 0.3) is 5.91 Å². The van der Waals surface area contributed by atoms with Crippen LogP contribution in [0.15, 0.2) is 54.6 Å². The highest BCUT2D eigenvalue weighted by Gasteiger charge is 2.32. The van der Waals surface area contributed by atoms with Crippen LogP contribution in [0.1, 0.15) is 44.4 Å². The van der Waals surface area contributed by atoms with Gasteiger partial charge in [-0.3, -0.25) is 14.9 Å². The molecule has 1 aromatic heterocycles. The molecule has 0 fully saturated rings. The lowest BCUT2D eigenvalue weighted by molar-refractivity contribution is -0.122. The number of fused-ring (bicyclic) bond motifs is 1. The van der Waals surface area contributed by atoms with Gasteiger partial charge in [-0.05, 0) is 37.5 Å². The molecule has 1 unspecified atom stereocenters. The molecule has 2 N–H and O–H groups in total. The lowest BCUT2D eigenvalue weighted by Gasteiger charge is -2.11. The van der Waals surface area contributed by atoms with E-state index < -0.39 is 0 Å². The number of aryl methyl sites for hydroxylation is 2. The minimum Gasteiger partial charge on any atom is -0.351 e. The summed E-state index contributed by atoms with van der Waals surface area (Å²) in [5.41, 5.74) is 3.57. The molecule has 0 spiro atoms. The first-order valence-electron chi connectivity index (χ1n) is 9.29. The molecule has 0 saturated carbocycles. The van der Waals surface area contributed by atoms with Gasteiger partial charge in [0.05, 0.1) is 11.6 Å². The third-order valence-electron chi connectivity index (χ3n) is 4.88. The Morgan fingerprint density at radius 2 is 1.86 bits per heavy atom. The first-order chi connectivity index (χ1) is 13.6. The number of aromatic nitrogens is 1. The number of nitrogens with zero attached hydrogens (tertiary/aromatic N) is 1. The fraction of sp³-hybridized carbons (Fsp3) is 0.227. The molecule has 28 heavy (non-hydrogen) atoms. The van der Waals surface area contributed by atoms with Crippen LogP contribution in [0.25, 0.3) is 0 Å². The minimum absolute atomic E-state index is 0.00989. The van der Waals surface area contributed by atoms with Crippen molar-refractivity contribution in [2.24, 2.45) is 0 Å². The molecule has 6 heteroatoms. The smallest absolute Gasteiger partial charge is 0.257 e. The average Bonchev–Trinajstić information content (AvgIpc) is 3.27. The topological polar surface area (TPSA) is 71.1 Å². The molecule has 142 valence electrons. The number of anilines is 1. The van der Waals surface area contributed by atoms with Crippen molar-refractivity contribution in [3.63, 3.8) is 0 Å². The molecule has 2 amide bonds. The summed E-state index contributed by atoms with van der Waals surface area (Å²) in [4.78, 5) is 30.7. The number of carbonyl (C=O) groups is 2. The molecule has 0 saturated heterocycles. The van der Waals surface area contributed by atoms with Crippen molar-refractivity contribution in [2.75, 3.05) is 5.32 Å². The van der Waals surface area contributed by atoms with Gasteiger partial charge < -0.3 is 5.32 Å². The zero-order valence-electron chi connectivity index (χ0n) is 15.6. The van der Waals surface area contributed by atoms with Crippen LogP contribution in [0, 0.1) is 6.92 Å². The van der Waals surface area contributed by atoms with Crippen molar-refractivity contribution in [2.45, 2.75) is 32.2 Å². The van der Waals surface area contributed by atoms with Gasteiger partial charge in [-0.1, -0.05) is 48.0 Å².